The minimum atomic E-state index is 0.276. The van der Waals surface area contributed by atoms with Gasteiger partial charge in [-0.15, -0.1) is 0 Å². The third kappa shape index (κ3) is 6.40. The van der Waals surface area contributed by atoms with Gasteiger partial charge in [0.25, 0.3) is 0 Å². The number of aryl methyl sites for hydroxylation is 1. The van der Waals surface area contributed by atoms with Crippen LogP contribution >= 0.6 is 0 Å². The summed E-state index contributed by atoms with van der Waals surface area (Å²) >= 11 is 0. The lowest BCUT2D eigenvalue weighted by Crippen LogP contribution is -2.11. The van der Waals surface area contributed by atoms with Crippen LogP contribution in [0.2, 0.25) is 0 Å². The summed E-state index contributed by atoms with van der Waals surface area (Å²) in [4.78, 5) is 2.32. The Morgan fingerprint density at radius 3 is 1.82 bits per heavy atom. The van der Waals surface area contributed by atoms with Crippen LogP contribution in [0.3, 0.4) is 0 Å². The van der Waals surface area contributed by atoms with Gasteiger partial charge in [0, 0.05) is 22.8 Å². The van der Waals surface area contributed by atoms with E-state index in [4.69, 9.17) is 0 Å². The molecule has 0 bridgehead atoms. The summed E-state index contributed by atoms with van der Waals surface area (Å²) in [5, 5.41) is 12.0. The molecule has 0 saturated carbocycles. The molecule has 214 valence electrons. The Kier molecular flexibility index (Phi) is 8.52. The number of phenols is 1. The van der Waals surface area contributed by atoms with Gasteiger partial charge in [0.2, 0.25) is 0 Å². The lowest BCUT2D eigenvalue weighted by atomic mass is 9.97. The standard InChI is InChI=1S/C42H35NO/c1-31-20-25-37(26-21-31)43(30-41(34-13-5-3-6-14-34)35-15-7-4-8-16-35)42-29-24-36(39-18-9-10-19-40(39)42)17-11-12-32(2)33-22-27-38(44)28-23-33/h3-30,44H,1-2H3. The van der Waals surface area contributed by atoms with Crippen LogP contribution in [0.15, 0.2) is 164 Å². The van der Waals surface area contributed by atoms with Crippen molar-refractivity contribution in [3.8, 4) is 5.75 Å². The van der Waals surface area contributed by atoms with E-state index in [1.807, 2.05) is 12.1 Å². The zero-order chi connectivity index (χ0) is 30.3. The highest BCUT2D eigenvalue weighted by atomic mass is 16.3. The molecule has 0 radical (unpaired) electrons. The second kappa shape index (κ2) is 13.1. The summed E-state index contributed by atoms with van der Waals surface area (Å²) in [6.45, 7) is 4.21. The predicted molar refractivity (Wildman–Crippen MR) is 188 cm³/mol. The van der Waals surface area contributed by atoms with Crippen LogP contribution in [0.1, 0.15) is 34.7 Å². The number of hydrogen-bond donors (Lipinski definition) is 1. The first-order chi connectivity index (χ1) is 21.6. The number of hydrogen-bond acceptors (Lipinski definition) is 2. The number of rotatable bonds is 8. The molecule has 2 heteroatoms. The van der Waals surface area contributed by atoms with E-state index < -0.39 is 0 Å². The van der Waals surface area contributed by atoms with Gasteiger partial charge < -0.3 is 10.0 Å². The van der Waals surface area contributed by atoms with Crippen molar-refractivity contribution in [3.63, 3.8) is 0 Å². The van der Waals surface area contributed by atoms with E-state index in [1.165, 1.54) is 16.3 Å². The van der Waals surface area contributed by atoms with E-state index >= 15 is 0 Å². The summed E-state index contributed by atoms with van der Waals surface area (Å²) < 4.78 is 0. The van der Waals surface area contributed by atoms with Crippen LogP contribution < -0.4 is 4.90 Å². The Morgan fingerprint density at radius 2 is 1.18 bits per heavy atom. The van der Waals surface area contributed by atoms with Gasteiger partial charge in [-0.1, -0.05) is 139 Å². The van der Waals surface area contributed by atoms with Gasteiger partial charge in [0.15, 0.2) is 0 Å². The van der Waals surface area contributed by atoms with Crippen molar-refractivity contribution in [1.82, 2.24) is 0 Å². The fraction of sp³-hybridized carbons (Fsp3) is 0.0476. The van der Waals surface area contributed by atoms with Crippen LogP contribution in [-0.4, -0.2) is 5.11 Å². The number of fused-ring (bicyclic) bond motifs is 1. The molecule has 0 aliphatic heterocycles. The SMILES string of the molecule is CC(=CC=Cc1ccc(N(C=C(c2ccccc2)c2ccccc2)c2ccc(C)cc2)c2ccccc12)c1ccc(O)cc1. The van der Waals surface area contributed by atoms with E-state index in [9.17, 15) is 5.11 Å². The highest BCUT2D eigenvalue weighted by Gasteiger charge is 2.15. The van der Waals surface area contributed by atoms with Crippen molar-refractivity contribution in [1.29, 1.82) is 0 Å². The monoisotopic (exact) mass is 569 g/mol. The molecule has 0 heterocycles. The summed E-state index contributed by atoms with van der Waals surface area (Å²) in [7, 11) is 0. The van der Waals surface area contributed by atoms with Crippen molar-refractivity contribution in [2.75, 3.05) is 4.90 Å². The van der Waals surface area contributed by atoms with Gasteiger partial charge in [-0.25, -0.2) is 0 Å². The first kappa shape index (κ1) is 28.5. The number of anilines is 2. The fourth-order valence-electron chi connectivity index (χ4n) is 5.45. The fourth-order valence-corrected chi connectivity index (χ4v) is 5.45. The lowest BCUT2D eigenvalue weighted by molar-refractivity contribution is 0.475. The Morgan fingerprint density at radius 1 is 0.591 bits per heavy atom. The highest BCUT2D eigenvalue weighted by Crippen LogP contribution is 2.37. The molecule has 6 rings (SSSR count). The maximum Gasteiger partial charge on any atom is 0.115 e. The minimum absolute atomic E-state index is 0.276. The molecule has 0 amide bonds. The van der Waals surface area contributed by atoms with Gasteiger partial charge in [-0.05, 0) is 77.4 Å². The largest absolute Gasteiger partial charge is 0.508 e. The van der Waals surface area contributed by atoms with Gasteiger partial charge in [0.1, 0.15) is 5.75 Å². The summed E-state index contributed by atoms with van der Waals surface area (Å²) in [6, 6.07) is 50.3. The average Bonchev–Trinajstić information content (AvgIpc) is 3.07. The molecule has 0 aliphatic rings. The van der Waals surface area contributed by atoms with E-state index in [-0.39, 0.29) is 5.75 Å². The van der Waals surface area contributed by atoms with Crippen molar-refractivity contribution < 1.29 is 5.11 Å². The van der Waals surface area contributed by atoms with Gasteiger partial charge in [-0.2, -0.15) is 0 Å². The molecule has 0 spiro atoms. The molecule has 6 aromatic rings. The normalized spacial score (nSPS) is 11.5. The van der Waals surface area contributed by atoms with Crippen LogP contribution in [0, 0.1) is 6.92 Å². The maximum atomic E-state index is 9.63. The Bertz CT molecular complexity index is 1910. The minimum Gasteiger partial charge on any atom is -0.508 e. The highest BCUT2D eigenvalue weighted by molar-refractivity contribution is 6.02. The Hall–Kier alpha value is -5.60. The van der Waals surface area contributed by atoms with Crippen molar-refractivity contribution >= 4 is 39.4 Å². The first-order valence-corrected chi connectivity index (χ1v) is 14.9. The van der Waals surface area contributed by atoms with Gasteiger partial charge in [0.05, 0.1) is 5.69 Å². The maximum absolute atomic E-state index is 9.63. The summed E-state index contributed by atoms with van der Waals surface area (Å²) in [5.41, 5.74) is 10.3. The summed E-state index contributed by atoms with van der Waals surface area (Å²) in [6.07, 6.45) is 8.66. The lowest BCUT2D eigenvalue weighted by Gasteiger charge is -2.25. The average molecular weight is 570 g/mol. The second-order valence-corrected chi connectivity index (χ2v) is 11.0. The summed E-state index contributed by atoms with van der Waals surface area (Å²) in [5.74, 6) is 0.276. The van der Waals surface area contributed by atoms with Crippen LogP contribution in [-0.2, 0) is 0 Å². The van der Waals surface area contributed by atoms with E-state index in [0.717, 1.165) is 44.8 Å². The smallest absolute Gasteiger partial charge is 0.115 e. The Balaban J connectivity index is 1.48. The molecule has 0 aromatic heterocycles. The number of allylic oxidation sites excluding steroid dienone is 3. The molecule has 6 aromatic carbocycles. The predicted octanol–water partition coefficient (Wildman–Crippen LogP) is 11.2. The van der Waals surface area contributed by atoms with Crippen molar-refractivity contribution in [2.45, 2.75) is 13.8 Å². The molecule has 2 nitrogen and oxygen atoms in total. The number of aromatic hydroxyl groups is 1. The third-order valence-electron chi connectivity index (χ3n) is 7.88. The molecular formula is C42H35NO. The second-order valence-electron chi connectivity index (χ2n) is 11.0. The molecule has 0 unspecified atom stereocenters. The first-order valence-electron chi connectivity index (χ1n) is 14.9. The molecular weight excluding hydrogens is 534 g/mol. The molecule has 1 N–H and O–H groups in total. The Labute approximate surface area is 260 Å². The van der Waals surface area contributed by atoms with Crippen LogP contribution in [0.25, 0.3) is 28.0 Å². The van der Waals surface area contributed by atoms with Crippen molar-refractivity contribution in [3.05, 3.63) is 192 Å². The van der Waals surface area contributed by atoms with Gasteiger partial charge in [-0.3, -0.25) is 0 Å². The molecule has 0 atom stereocenters. The van der Waals surface area contributed by atoms with E-state index in [2.05, 4.69) is 165 Å². The molecule has 0 fully saturated rings. The molecule has 44 heavy (non-hydrogen) atoms. The van der Waals surface area contributed by atoms with Crippen LogP contribution in [0.5, 0.6) is 5.75 Å². The third-order valence-corrected chi connectivity index (χ3v) is 7.88. The zero-order valence-electron chi connectivity index (χ0n) is 25.1. The number of nitrogens with zero attached hydrogens (tertiary/aromatic N) is 1. The quantitative estimate of drug-likeness (QED) is 0.184. The topological polar surface area (TPSA) is 23.5 Å². The zero-order valence-corrected chi connectivity index (χ0v) is 25.1. The van der Waals surface area contributed by atoms with E-state index in [1.54, 1.807) is 12.1 Å². The molecule has 0 aliphatic carbocycles. The van der Waals surface area contributed by atoms with Crippen LogP contribution in [0.4, 0.5) is 11.4 Å². The number of benzene rings is 6. The van der Waals surface area contributed by atoms with E-state index in [0.29, 0.717) is 0 Å². The van der Waals surface area contributed by atoms with Crippen molar-refractivity contribution in [2.24, 2.45) is 0 Å². The molecule has 0 saturated heterocycles. The van der Waals surface area contributed by atoms with Gasteiger partial charge >= 0.3 is 0 Å². The number of phenolic OH excluding ortho intramolecular Hbond substituents is 1.